The minimum atomic E-state index is -4.79. The number of hydrogen-bond acceptors (Lipinski definition) is 3. The lowest BCUT2D eigenvalue weighted by atomic mass is 10.1. The molecule has 0 atom stereocenters. The molecule has 110 valence electrons. The van der Waals surface area contributed by atoms with Crippen LogP contribution in [-0.2, 0) is 4.79 Å². The summed E-state index contributed by atoms with van der Waals surface area (Å²) in [5.41, 5.74) is 0.316. The first-order valence-electron chi connectivity index (χ1n) is 5.70. The van der Waals surface area contributed by atoms with E-state index in [9.17, 15) is 23.1 Å². The Labute approximate surface area is 121 Å². The van der Waals surface area contributed by atoms with Crippen LogP contribution in [0.1, 0.15) is 10.4 Å². The first kappa shape index (κ1) is 15.1. The van der Waals surface area contributed by atoms with Crippen LogP contribution in [0.15, 0.2) is 41.8 Å². The molecule has 0 saturated heterocycles. The van der Waals surface area contributed by atoms with Crippen molar-refractivity contribution in [3.05, 3.63) is 52.2 Å². The number of aliphatic carboxylic acids is 1. The fourth-order valence-electron chi connectivity index (χ4n) is 1.64. The maximum absolute atomic E-state index is 12.2. The number of thiophene rings is 1. The Kier molecular flexibility index (Phi) is 4.32. The van der Waals surface area contributed by atoms with Crippen molar-refractivity contribution in [3.8, 4) is 5.75 Å². The zero-order chi connectivity index (χ0) is 15.5. The van der Waals surface area contributed by atoms with E-state index in [1.807, 2.05) is 0 Å². The van der Waals surface area contributed by atoms with Crippen molar-refractivity contribution in [1.29, 1.82) is 0 Å². The molecule has 0 aliphatic rings. The molecule has 0 saturated carbocycles. The molecule has 2 rings (SSSR count). The number of halogens is 3. The van der Waals surface area contributed by atoms with Crippen LogP contribution >= 0.6 is 11.3 Å². The van der Waals surface area contributed by atoms with Crippen molar-refractivity contribution in [3.63, 3.8) is 0 Å². The first-order valence-corrected chi connectivity index (χ1v) is 6.58. The fraction of sp³-hybridized carbons (Fsp3) is 0.0714. The summed E-state index contributed by atoms with van der Waals surface area (Å²) >= 11 is 1.23. The van der Waals surface area contributed by atoms with Gasteiger partial charge in [-0.3, -0.25) is 0 Å². The molecular formula is C14H9F3O3S. The molecule has 0 aliphatic heterocycles. The van der Waals surface area contributed by atoms with Gasteiger partial charge in [-0.15, -0.1) is 24.5 Å². The second-order valence-electron chi connectivity index (χ2n) is 3.96. The molecule has 2 aromatic rings. The van der Waals surface area contributed by atoms with Gasteiger partial charge in [0.25, 0.3) is 0 Å². The monoisotopic (exact) mass is 314 g/mol. The Morgan fingerprint density at radius 3 is 2.57 bits per heavy atom. The quantitative estimate of drug-likeness (QED) is 0.857. The SMILES string of the molecule is O=C(O)/C(=C/c1cccc(OC(F)(F)F)c1)c1cccs1. The molecule has 0 spiro atoms. The van der Waals surface area contributed by atoms with Crippen molar-refractivity contribution in [2.24, 2.45) is 0 Å². The molecule has 1 heterocycles. The summed E-state index contributed by atoms with van der Waals surface area (Å²) < 4.78 is 40.3. The van der Waals surface area contributed by atoms with E-state index in [1.165, 1.54) is 29.5 Å². The highest BCUT2D eigenvalue weighted by Crippen LogP contribution is 2.27. The lowest BCUT2D eigenvalue weighted by Gasteiger charge is -2.09. The van der Waals surface area contributed by atoms with Gasteiger partial charge in [0, 0.05) is 4.88 Å². The van der Waals surface area contributed by atoms with Gasteiger partial charge in [-0.1, -0.05) is 18.2 Å². The predicted molar refractivity (Wildman–Crippen MR) is 73.0 cm³/mol. The minimum Gasteiger partial charge on any atom is -0.478 e. The number of carboxylic acids is 1. The fourth-order valence-corrected chi connectivity index (χ4v) is 2.37. The number of rotatable bonds is 4. The molecule has 0 unspecified atom stereocenters. The molecule has 7 heteroatoms. The van der Waals surface area contributed by atoms with E-state index < -0.39 is 18.1 Å². The van der Waals surface area contributed by atoms with Crippen LogP contribution in [-0.4, -0.2) is 17.4 Å². The predicted octanol–water partition coefficient (Wildman–Crippen LogP) is 4.27. The second-order valence-corrected chi connectivity index (χ2v) is 4.91. The maximum Gasteiger partial charge on any atom is 0.573 e. The third kappa shape index (κ3) is 4.35. The minimum absolute atomic E-state index is 0.00848. The first-order chi connectivity index (χ1) is 9.85. The molecule has 1 N–H and O–H groups in total. The highest BCUT2D eigenvalue weighted by Gasteiger charge is 2.31. The van der Waals surface area contributed by atoms with Gasteiger partial charge in [0.2, 0.25) is 0 Å². The number of carbonyl (C=O) groups is 1. The second kappa shape index (κ2) is 6.01. The number of alkyl halides is 3. The normalized spacial score (nSPS) is 12.2. The number of carboxylic acid groups (broad SMARTS) is 1. The summed E-state index contributed by atoms with van der Waals surface area (Å²) in [6, 6.07) is 8.46. The largest absolute Gasteiger partial charge is 0.573 e. The van der Waals surface area contributed by atoms with Crippen molar-refractivity contribution in [2.75, 3.05) is 0 Å². The topological polar surface area (TPSA) is 46.5 Å². The average Bonchev–Trinajstić information content (AvgIpc) is 2.87. The van der Waals surface area contributed by atoms with E-state index in [0.717, 1.165) is 12.1 Å². The van der Waals surface area contributed by atoms with Crippen molar-refractivity contribution >= 4 is 29.0 Å². The molecule has 21 heavy (non-hydrogen) atoms. The van der Waals surface area contributed by atoms with Gasteiger partial charge in [-0.2, -0.15) is 0 Å². The number of benzene rings is 1. The standard InChI is InChI=1S/C14H9F3O3S/c15-14(16,17)20-10-4-1-3-9(7-10)8-11(13(18)19)12-5-2-6-21-12/h1-8H,(H,18,19)/b11-8+. The van der Waals surface area contributed by atoms with Crippen molar-refractivity contribution in [1.82, 2.24) is 0 Å². The van der Waals surface area contributed by atoms with E-state index in [1.54, 1.807) is 17.5 Å². The van der Waals surface area contributed by atoms with Gasteiger partial charge < -0.3 is 9.84 Å². The summed E-state index contributed by atoms with van der Waals surface area (Å²) in [7, 11) is 0. The van der Waals surface area contributed by atoms with Crippen molar-refractivity contribution < 1.29 is 27.8 Å². The van der Waals surface area contributed by atoms with Crippen molar-refractivity contribution in [2.45, 2.75) is 6.36 Å². The molecule has 1 aromatic carbocycles. The Morgan fingerprint density at radius 2 is 2.00 bits per heavy atom. The lowest BCUT2D eigenvalue weighted by molar-refractivity contribution is -0.274. The maximum atomic E-state index is 12.2. The van der Waals surface area contributed by atoms with E-state index in [0.29, 0.717) is 10.4 Å². The molecule has 0 aliphatic carbocycles. The molecule has 0 amide bonds. The van der Waals surface area contributed by atoms with Crippen LogP contribution in [0, 0.1) is 0 Å². The average molecular weight is 314 g/mol. The third-order valence-corrected chi connectivity index (χ3v) is 3.32. The van der Waals surface area contributed by atoms with E-state index in [4.69, 9.17) is 0 Å². The Morgan fingerprint density at radius 1 is 1.24 bits per heavy atom. The summed E-state index contributed by atoms with van der Waals surface area (Å²) in [5.74, 6) is -1.55. The highest BCUT2D eigenvalue weighted by atomic mass is 32.1. The summed E-state index contributed by atoms with van der Waals surface area (Å²) in [5, 5.41) is 10.9. The van der Waals surface area contributed by atoms with Gasteiger partial charge in [-0.05, 0) is 35.2 Å². The van der Waals surface area contributed by atoms with Crippen LogP contribution < -0.4 is 4.74 Å². The molecule has 0 fully saturated rings. The Balaban J connectivity index is 2.35. The summed E-state index contributed by atoms with van der Waals surface area (Å²) in [6.45, 7) is 0. The van der Waals surface area contributed by atoms with Crippen LogP contribution in [0.25, 0.3) is 11.6 Å². The Bertz CT molecular complexity index is 660. The molecule has 3 nitrogen and oxygen atoms in total. The van der Waals surface area contributed by atoms with Gasteiger partial charge in [-0.25, -0.2) is 4.79 Å². The number of hydrogen-bond donors (Lipinski definition) is 1. The smallest absolute Gasteiger partial charge is 0.478 e. The zero-order valence-electron chi connectivity index (χ0n) is 10.4. The molecule has 0 bridgehead atoms. The van der Waals surface area contributed by atoms with Crippen LogP contribution in [0.4, 0.5) is 13.2 Å². The molecule has 1 aromatic heterocycles. The Hall–Kier alpha value is -2.28. The summed E-state index contributed by atoms with van der Waals surface area (Å²) in [4.78, 5) is 11.8. The highest BCUT2D eigenvalue weighted by molar-refractivity contribution is 7.11. The van der Waals surface area contributed by atoms with E-state index in [2.05, 4.69) is 4.74 Å². The van der Waals surface area contributed by atoms with E-state index in [-0.39, 0.29) is 5.57 Å². The molecular weight excluding hydrogens is 305 g/mol. The van der Waals surface area contributed by atoms with Gasteiger partial charge in [0.15, 0.2) is 0 Å². The van der Waals surface area contributed by atoms with Gasteiger partial charge >= 0.3 is 12.3 Å². The van der Waals surface area contributed by atoms with Gasteiger partial charge in [0.05, 0.1) is 5.57 Å². The van der Waals surface area contributed by atoms with E-state index >= 15 is 0 Å². The lowest BCUT2D eigenvalue weighted by Crippen LogP contribution is -2.17. The molecule has 0 radical (unpaired) electrons. The van der Waals surface area contributed by atoms with Crippen LogP contribution in [0.3, 0.4) is 0 Å². The third-order valence-electron chi connectivity index (χ3n) is 2.42. The summed E-state index contributed by atoms with van der Waals surface area (Å²) in [6.07, 6.45) is -3.48. The zero-order valence-corrected chi connectivity index (χ0v) is 11.2. The van der Waals surface area contributed by atoms with Crippen LogP contribution in [0.2, 0.25) is 0 Å². The van der Waals surface area contributed by atoms with Crippen LogP contribution in [0.5, 0.6) is 5.75 Å². The number of ether oxygens (including phenoxy) is 1. The van der Waals surface area contributed by atoms with Gasteiger partial charge in [0.1, 0.15) is 5.75 Å².